The molecular weight excluding hydrogens is 328 g/mol. The van der Waals surface area contributed by atoms with Gasteiger partial charge in [-0.15, -0.1) is 0 Å². The molecule has 8 heteroatoms. The van der Waals surface area contributed by atoms with Crippen LogP contribution in [0.25, 0.3) is 0 Å². The van der Waals surface area contributed by atoms with E-state index in [1.54, 1.807) is 30.3 Å². The van der Waals surface area contributed by atoms with Crippen molar-refractivity contribution in [1.82, 2.24) is 0 Å². The normalized spacial score (nSPS) is 11.4. The fourth-order valence-electron chi connectivity index (χ4n) is 2.25. The Bertz CT molecular complexity index is 791. The van der Waals surface area contributed by atoms with Gasteiger partial charge in [0, 0.05) is 24.9 Å². The maximum Gasteiger partial charge on any atom is 0.338 e. The second-order valence-electron chi connectivity index (χ2n) is 5.03. The smallest absolute Gasteiger partial charge is 0.338 e. The lowest BCUT2D eigenvalue weighted by atomic mass is 10.1. The molecule has 0 aliphatic carbocycles. The van der Waals surface area contributed by atoms with Crippen molar-refractivity contribution >= 4 is 23.3 Å². The van der Waals surface area contributed by atoms with Crippen molar-refractivity contribution in [3.63, 3.8) is 0 Å². The van der Waals surface area contributed by atoms with E-state index < -0.39 is 22.9 Å². The Labute approximate surface area is 143 Å². The lowest BCUT2D eigenvalue weighted by Crippen LogP contribution is -2.22. The van der Waals surface area contributed by atoms with Gasteiger partial charge in [-0.1, -0.05) is 30.3 Å². The maximum absolute atomic E-state index is 12.5. The number of methoxy groups -OCH3 is 2. The number of non-ortho nitro benzene ring substituents is 1. The summed E-state index contributed by atoms with van der Waals surface area (Å²) in [6.45, 7) is 0. The average molecular weight is 344 g/mol. The molecule has 0 heterocycles. The number of hydrogen-bond acceptors (Lipinski definition) is 6. The summed E-state index contributed by atoms with van der Waals surface area (Å²) >= 11 is 0. The lowest BCUT2D eigenvalue weighted by Gasteiger charge is -2.16. The summed E-state index contributed by atoms with van der Waals surface area (Å²) in [4.78, 5) is 34.5. The van der Waals surface area contributed by atoms with Gasteiger partial charge in [0.05, 0.1) is 17.6 Å². The Kier molecular flexibility index (Phi) is 5.80. The zero-order chi connectivity index (χ0) is 18.4. The van der Waals surface area contributed by atoms with Crippen molar-refractivity contribution in [2.75, 3.05) is 19.5 Å². The second-order valence-corrected chi connectivity index (χ2v) is 5.03. The van der Waals surface area contributed by atoms with Gasteiger partial charge in [-0.25, -0.2) is 4.79 Å². The summed E-state index contributed by atoms with van der Waals surface area (Å²) in [5.41, 5.74) is 0.339. The van der Waals surface area contributed by atoms with Crippen LogP contribution in [0.5, 0.6) is 0 Å². The molecule has 1 amide bonds. The minimum absolute atomic E-state index is 0.0410. The topological polar surface area (TPSA) is 108 Å². The van der Waals surface area contributed by atoms with Crippen molar-refractivity contribution in [2.45, 2.75) is 6.10 Å². The van der Waals surface area contributed by atoms with Crippen LogP contribution in [0.1, 0.15) is 22.0 Å². The van der Waals surface area contributed by atoms with E-state index in [0.717, 1.165) is 19.2 Å². The van der Waals surface area contributed by atoms with Gasteiger partial charge in [0.15, 0.2) is 6.10 Å². The van der Waals surface area contributed by atoms with E-state index in [1.807, 2.05) is 0 Å². The van der Waals surface area contributed by atoms with Crippen LogP contribution in [0, 0.1) is 10.1 Å². The van der Waals surface area contributed by atoms with Gasteiger partial charge in [0.2, 0.25) is 0 Å². The number of amides is 1. The van der Waals surface area contributed by atoms with Crippen molar-refractivity contribution in [1.29, 1.82) is 0 Å². The number of nitro benzene ring substituents is 1. The number of rotatable bonds is 6. The molecule has 0 bridgehead atoms. The van der Waals surface area contributed by atoms with Gasteiger partial charge in [-0.05, 0) is 11.6 Å². The molecule has 0 aromatic heterocycles. The first-order valence-corrected chi connectivity index (χ1v) is 7.22. The van der Waals surface area contributed by atoms with E-state index >= 15 is 0 Å². The molecule has 1 atom stereocenters. The molecule has 0 saturated heterocycles. The third-order valence-electron chi connectivity index (χ3n) is 3.39. The summed E-state index contributed by atoms with van der Waals surface area (Å²) in [5, 5.41) is 13.6. The fourth-order valence-corrected chi connectivity index (χ4v) is 2.25. The van der Waals surface area contributed by atoms with Crippen LogP contribution in [0.4, 0.5) is 11.4 Å². The molecule has 0 fully saturated rings. The first-order valence-electron chi connectivity index (χ1n) is 7.22. The van der Waals surface area contributed by atoms with Crippen molar-refractivity contribution in [2.24, 2.45) is 0 Å². The highest BCUT2D eigenvalue weighted by Gasteiger charge is 2.22. The van der Waals surface area contributed by atoms with Crippen molar-refractivity contribution < 1.29 is 24.0 Å². The van der Waals surface area contributed by atoms with Crippen LogP contribution in [0.2, 0.25) is 0 Å². The predicted octanol–water partition coefficient (Wildman–Crippen LogP) is 2.71. The largest absolute Gasteiger partial charge is 0.465 e. The zero-order valence-corrected chi connectivity index (χ0v) is 13.6. The second kappa shape index (κ2) is 8.02. The first kappa shape index (κ1) is 18.1. The van der Waals surface area contributed by atoms with Crippen LogP contribution in [-0.4, -0.2) is 31.0 Å². The quantitative estimate of drug-likeness (QED) is 0.490. The van der Waals surface area contributed by atoms with Crippen molar-refractivity contribution in [3.8, 4) is 0 Å². The molecule has 0 aliphatic heterocycles. The molecular formula is C17H16N2O6. The van der Waals surface area contributed by atoms with Crippen LogP contribution < -0.4 is 5.32 Å². The van der Waals surface area contributed by atoms with Crippen LogP contribution in [0.15, 0.2) is 48.5 Å². The maximum atomic E-state index is 12.5. The molecule has 0 saturated carbocycles. The molecule has 8 nitrogen and oxygen atoms in total. The number of nitrogens with one attached hydrogen (secondary N) is 1. The number of carbonyl (C=O) groups excluding carboxylic acids is 2. The van der Waals surface area contributed by atoms with E-state index in [1.165, 1.54) is 13.2 Å². The highest BCUT2D eigenvalue weighted by atomic mass is 16.6. The highest BCUT2D eigenvalue weighted by molar-refractivity contribution is 5.97. The van der Waals surface area contributed by atoms with E-state index in [0.29, 0.717) is 5.56 Å². The number of esters is 1. The molecule has 2 aromatic carbocycles. The number of nitrogens with zero attached hydrogens (tertiary/aromatic N) is 1. The molecule has 2 aromatic rings. The molecule has 0 spiro atoms. The summed E-state index contributed by atoms with van der Waals surface area (Å²) in [6.07, 6.45) is -0.901. The summed E-state index contributed by atoms with van der Waals surface area (Å²) in [5.74, 6) is -1.27. The molecule has 130 valence electrons. The third-order valence-corrected chi connectivity index (χ3v) is 3.39. The number of anilines is 1. The molecule has 2 rings (SSSR count). The number of benzene rings is 2. The monoisotopic (exact) mass is 344 g/mol. The van der Waals surface area contributed by atoms with Crippen molar-refractivity contribution in [3.05, 3.63) is 69.8 Å². The summed E-state index contributed by atoms with van der Waals surface area (Å²) in [6, 6.07) is 12.3. The number of carbonyl (C=O) groups is 2. The lowest BCUT2D eigenvalue weighted by molar-refractivity contribution is -0.384. The van der Waals surface area contributed by atoms with Gasteiger partial charge < -0.3 is 14.8 Å². The Morgan fingerprint density at radius 2 is 1.80 bits per heavy atom. The van der Waals surface area contributed by atoms with E-state index in [4.69, 9.17) is 4.74 Å². The van der Waals surface area contributed by atoms with Gasteiger partial charge in [-0.2, -0.15) is 0 Å². The minimum atomic E-state index is -0.901. The Morgan fingerprint density at radius 1 is 1.12 bits per heavy atom. The Hall–Kier alpha value is -3.26. The van der Waals surface area contributed by atoms with Gasteiger partial charge in [-0.3, -0.25) is 14.9 Å². The molecule has 1 N–H and O–H groups in total. The summed E-state index contributed by atoms with van der Waals surface area (Å²) < 4.78 is 9.78. The number of ether oxygens (including phenoxy) is 2. The van der Waals surface area contributed by atoms with E-state index in [-0.39, 0.29) is 16.9 Å². The Morgan fingerprint density at radius 3 is 2.36 bits per heavy atom. The Balaban J connectivity index is 2.31. The van der Waals surface area contributed by atoms with E-state index in [2.05, 4.69) is 10.1 Å². The molecule has 0 radical (unpaired) electrons. The van der Waals surface area contributed by atoms with Gasteiger partial charge in [0.1, 0.15) is 0 Å². The van der Waals surface area contributed by atoms with Crippen LogP contribution in [-0.2, 0) is 14.3 Å². The van der Waals surface area contributed by atoms with Gasteiger partial charge in [0.25, 0.3) is 11.6 Å². The minimum Gasteiger partial charge on any atom is -0.465 e. The number of hydrogen-bond donors (Lipinski definition) is 1. The fraction of sp³-hybridized carbons (Fsp3) is 0.176. The zero-order valence-electron chi connectivity index (χ0n) is 13.6. The molecule has 25 heavy (non-hydrogen) atoms. The SMILES string of the molecule is COC(=O)c1cc(NC(=O)[C@H](OC)c2ccccc2)cc([N+](=O)[O-])c1. The summed E-state index contributed by atoms with van der Waals surface area (Å²) in [7, 11) is 2.54. The van der Waals surface area contributed by atoms with Crippen LogP contribution >= 0.6 is 0 Å². The number of nitro groups is 1. The highest BCUT2D eigenvalue weighted by Crippen LogP contribution is 2.24. The van der Waals surface area contributed by atoms with Gasteiger partial charge >= 0.3 is 5.97 Å². The van der Waals surface area contributed by atoms with Crippen LogP contribution in [0.3, 0.4) is 0 Å². The van der Waals surface area contributed by atoms with E-state index in [9.17, 15) is 19.7 Å². The average Bonchev–Trinajstić information content (AvgIpc) is 2.62. The standard InChI is InChI=1S/C17H16N2O6/c1-24-15(11-6-4-3-5-7-11)16(20)18-13-8-12(17(21)25-2)9-14(10-13)19(22)23/h3-10,15H,1-2H3,(H,18,20)/t15-/m1/s1. The predicted molar refractivity (Wildman–Crippen MR) is 89.3 cm³/mol. The third kappa shape index (κ3) is 4.39. The molecule has 0 aliphatic rings. The first-order chi connectivity index (χ1) is 12.0. The molecule has 0 unspecified atom stereocenters.